The van der Waals surface area contributed by atoms with Crippen LogP contribution in [0, 0.1) is 0 Å². The smallest absolute Gasteiger partial charge is 0.344 e. The second-order valence-corrected chi connectivity index (χ2v) is 1.63. The summed E-state index contributed by atoms with van der Waals surface area (Å²) >= 11 is 0. The van der Waals surface area contributed by atoms with Gasteiger partial charge in [0.1, 0.15) is 6.26 Å². The standard InChI is InChI=1S/C5H7N3O3/c1-10-8-5(9)7-4-2-11-3-6-4/h2-3H,1H3,(H2,7,8,9). The molecule has 11 heavy (non-hydrogen) atoms. The molecule has 1 rings (SSSR count). The van der Waals surface area contributed by atoms with E-state index in [0.717, 1.165) is 0 Å². The van der Waals surface area contributed by atoms with Gasteiger partial charge in [-0.15, -0.1) is 0 Å². The lowest BCUT2D eigenvalue weighted by Gasteiger charge is -1.99. The van der Waals surface area contributed by atoms with Crippen LogP contribution in [0.15, 0.2) is 17.1 Å². The van der Waals surface area contributed by atoms with Crippen molar-refractivity contribution in [3.8, 4) is 0 Å². The van der Waals surface area contributed by atoms with Gasteiger partial charge >= 0.3 is 6.03 Å². The highest BCUT2D eigenvalue weighted by Gasteiger charge is 2.00. The van der Waals surface area contributed by atoms with Crippen LogP contribution in [0.1, 0.15) is 0 Å². The van der Waals surface area contributed by atoms with Crippen LogP contribution in [0.5, 0.6) is 0 Å². The van der Waals surface area contributed by atoms with Crippen LogP contribution in [0.25, 0.3) is 0 Å². The molecule has 0 radical (unpaired) electrons. The van der Waals surface area contributed by atoms with Crippen LogP contribution >= 0.6 is 0 Å². The Morgan fingerprint density at radius 2 is 2.64 bits per heavy atom. The van der Waals surface area contributed by atoms with Crippen molar-refractivity contribution in [2.45, 2.75) is 0 Å². The molecule has 6 heteroatoms. The second-order valence-electron chi connectivity index (χ2n) is 1.63. The highest BCUT2D eigenvalue weighted by Crippen LogP contribution is 1.99. The summed E-state index contributed by atoms with van der Waals surface area (Å²) < 4.78 is 4.60. The Morgan fingerprint density at radius 1 is 1.82 bits per heavy atom. The summed E-state index contributed by atoms with van der Waals surface area (Å²) in [6.07, 6.45) is 2.51. The van der Waals surface area contributed by atoms with E-state index in [1.807, 2.05) is 0 Å². The Bertz CT molecular complexity index is 221. The Labute approximate surface area is 62.5 Å². The summed E-state index contributed by atoms with van der Waals surface area (Å²) in [5.41, 5.74) is 2.05. The summed E-state index contributed by atoms with van der Waals surface area (Å²) in [5, 5.41) is 2.34. The van der Waals surface area contributed by atoms with Gasteiger partial charge in [0.05, 0.1) is 7.11 Å². The van der Waals surface area contributed by atoms with E-state index in [4.69, 9.17) is 0 Å². The molecule has 6 nitrogen and oxygen atoms in total. The molecule has 0 atom stereocenters. The molecule has 0 spiro atoms. The van der Waals surface area contributed by atoms with Crippen LogP contribution in [-0.2, 0) is 4.84 Å². The minimum Gasteiger partial charge on any atom is -0.449 e. The number of amides is 2. The lowest BCUT2D eigenvalue weighted by Crippen LogP contribution is -2.27. The monoisotopic (exact) mass is 157 g/mol. The fourth-order valence-corrected chi connectivity index (χ4v) is 0.509. The number of oxazole rings is 1. The molecule has 0 saturated carbocycles. The average molecular weight is 157 g/mol. The van der Waals surface area contributed by atoms with Crippen molar-refractivity contribution in [3.63, 3.8) is 0 Å². The molecule has 60 valence electrons. The number of hydroxylamine groups is 1. The third-order valence-electron chi connectivity index (χ3n) is 0.869. The first-order valence-corrected chi connectivity index (χ1v) is 2.81. The fourth-order valence-electron chi connectivity index (χ4n) is 0.509. The molecule has 1 heterocycles. The molecule has 2 amide bonds. The van der Waals surface area contributed by atoms with Gasteiger partial charge in [-0.05, 0) is 0 Å². The van der Waals surface area contributed by atoms with Crippen molar-refractivity contribution in [3.05, 3.63) is 12.7 Å². The van der Waals surface area contributed by atoms with E-state index >= 15 is 0 Å². The van der Waals surface area contributed by atoms with E-state index in [2.05, 4.69) is 25.0 Å². The number of nitrogens with one attached hydrogen (secondary N) is 2. The molecule has 0 fully saturated rings. The first-order chi connectivity index (χ1) is 5.33. The van der Waals surface area contributed by atoms with Crippen LogP contribution in [0.4, 0.5) is 10.6 Å². The number of urea groups is 1. The Kier molecular flexibility index (Phi) is 2.45. The fraction of sp³-hybridized carbons (Fsp3) is 0.200. The maximum Gasteiger partial charge on any atom is 0.344 e. The van der Waals surface area contributed by atoms with E-state index < -0.39 is 6.03 Å². The van der Waals surface area contributed by atoms with Gasteiger partial charge in [-0.2, -0.15) is 4.98 Å². The molecule has 2 N–H and O–H groups in total. The van der Waals surface area contributed by atoms with Crippen molar-refractivity contribution < 1.29 is 14.0 Å². The Balaban J connectivity index is 2.37. The lowest BCUT2D eigenvalue weighted by molar-refractivity contribution is 0.114. The maximum atomic E-state index is 10.7. The topological polar surface area (TPSA) is 76.4 Å². The van der Waals surface area contributed by atoms with Gasteiger partial charge < -0.3 is 4.42 Å². The normalized spacial score (nSPS) is 9.18. The molecule has 0 saturated heterocycles. The van der Waals surface area contributed by atoms with Crippen molar-refractivity contribution in [1.82, 2.24) is 10.5 Å². The first-order valence-electron chi connectivity index (χ1n) is 2.81. The lowest BCUT2D eigenvalue weighted by atomic mass is 10.7. The molecular weight excluding hydrogens is 150 g/mol. The molecule has 1 aromatic heterocycles. The summed E-state index contributed by atoms with van der Waals surface area (Å²) in [6.45, 7) is 0. The summed E-state index contributed by atoms with van der Waals surface area (Å²) in [5.74, 6) is 0.333. The van der Waals surface area contributed by atoms with Crippen molar-refractivity contribution in [1.29, 1.82) is 0 Å². The minimum atomic E-state index is -0.499. The Hall–Kier alpha value is -1.56. The molecule has 0 bridgehead atoms. The highest BCUT2D eigenvalue weighted by molar-refractivity contribution is 5.87. The number of hydrogen-bond donors (Lipinski definition) is 2. The number of carbonyl (C=O) groups excluding carboxylic acids is 1. The quantitative estimate of drug-likeness (QED) is 0.607. The summed E-state index contributed by atoms with van der Waals surface area (Å²) in [7, 11) is 1.34. The zero-order valence-corrected chi connectivity index (χ0v) is 5.83. The third kappa shape index (κ3) is 2.26. The van der Waals surface area contributed by atoms with Gasteiger partial charge in [0.15, 0.2) is 12.2 Å². The zero-order chi connectivity index (χ0) is 8.10. The van der Waals surface area contributed by atoms with Gasteiger partial charge in [0, 0.05) is 0 Å². The third-order valence-corrected chi connectivity index (χ3v) is 0.869. The predicted octanol–water partition coefficient (Wildman–Crippen LogP) is 0.357. The van der Waals surface area contributed by atoms with Crippen molar-refractivity contribution in [2.24, 2.45) is 0 Å². The van der Waals surface area contributed by atoms with Crippen LogP contribution in [-0.4, -0.2) is 18.1 Å². The molecule has 0 aliphatic heterocycles. The van der Waals surface area contributed by atoms with Gasteiger partial charge in [-0.3, -0.25) is 10.2 Å². The van der Waals surface area contributed by atoms with E-state index in [1.54, 1.807) is 0 Å². The minimum absolute atomic E-state index is 0.333. The zero-order valence-electron chi connectivity index (χ0n) is 5.83. The Morgan fingerprint density at radius 3 is 3.18 bits per heavy atom. The van der Waals surface area contributed by atoms with Crippen LogP contribution in [0.2, 0.25) is 0 Å². The van der Waals surface area contributed by atoms with Crippen LogP contribution < -0.4 is 10.8 Å². The van der Waals surface area contributed by atoms with Crippen molar-refractivity contribution in [2.75, 3.05) is 12.4 Å². The number of rotatable bonds is 2. The van der Waals surface area contributed by atoms with Crippen LogP contribution in [0.3, 0.4) is 0 Å². The number of carbonyl (C=O) groups is 1. The molecule has 0 unspecified atom stereocenters. The summed E-state index contributed by atoms with van der Waals surface area (Å²) in [6, 6.07) is -0.499. The molecule has 0 aromatic carbocycles. The number of nitrogens with zero attached hydrogens (tertiary/aromatic N) is 1. The maximum absolute atomic E-state index is 10.7. The highest BCUT2D eigenvalue weighted by atomic mass is 16.6. The van der Waals surface area contributed by atoms with E-state index in [1.165, 1.54) is 19.8 Å². The van der Waals surface area contributed by atoms with Gasteiger partial charge in [-0.25, -0.2) is 10.3 Å². The van der Waals surface area contributed by atoms with E-state index in [0.29, 0.717) is 5.82 Å². The number of hydrogen-bond acceptors (Lipinski definition) is 4. The van der Waals surface area contributed by atoms with Gasteiger partial charge in [-0.1, -0.05) is 0 Å². The number of aromatic nitrogens is 1. The largest absolute Gasteiger partial charge is 0.449 e. The molecule has 1 aromatic rings. The van der Waals surface area contributed by atoms with Gasteiger partial charge in [0.25, 0.3) is 0 Å². The summed E-state index contributed by atoms with van der Waals surface area (Å²) in [4.78, 5) is 18.7. The SMILES string of the molecule is CONC(=O)Nc1cocn1. The first kappa shape index (κ1) is 7.55. The van der Waals surface area contributed by atoms with E-state index in [9.17, 15) is 4.79 Å². The van der Waals surface area contributed by atoms with Gasteiger partial charge in [0.2, 0.25) is 0 Å². The molecule has 0 aliphatic rings. The second kappa shape index (κ2) is 3.57. The number of anilines is 1. The predicted molar refractivity (Wildman–Crippen MR) is 35.7 cm³/mol. The molecule has 0 aliphatic carbocycles. The average Bonchev–Trinajstić information content (AvgIpc) is 2.40. The molecular formula is C5H7N3O3. The van der Waals surface area contributed by atoms with Crippen molar-refractivity contribution >= 4 is 11.8 Å². The van der Waals surface area contributed by atoms with E-state index in [-0.39, 0.29) is 0 Å².